The molecule has 4 aromatic rings. The van der Waals surface area contributed by atoms with Gasteiger partial charge in [-0.15, -0.1) is 0 Å². The number of carbonyl (C=O) groups is 2. The van der Waals surface area contributed by atoms with E-state index in [0.29, 0.717) is 41.8 Å². The van der Waals surface area contributed by atoms with E-state index in [1.165, 1.54) is 6.07 Å². The van der Waals surface area contributed by atoms with Gasteiger partial charge in [0.1, 0.15) is 5.69 Å². The van der Waals surface area contributed by atoms with Crippen LogP contribution in [0.5, 0.6) is 0 Å². The molecule has 2 aromatic heterocycles. The zero-order valence-electron chi connectivity index (χ0n) is 19.5. The van der Waals surface area contributed by atoms with Gasteiger partial charge in [0, 0.05) is 47.8 Å². The zero-order chi connectivity index (χ0) is 26.2. The maximum Gasteiger partial charge on any atom is 0.433 e. The van der Waals surface area contributed by atoms with Gasteiger partial charge in [-0.25, -0.2) is 9.50 Å². The summed E-state index contributed by atoms with van der Waals surface area (Å²) in [5.41, 5.74) is 0.0801. The summed E-state index contributed by atoms with van der Waals surface area (Å²) in [6.07, 6.45) is -4.70. The fourth-order valence-corrected chi connectivity index (χ4v) is 4.50. The molecule has 1 amide bonds. The summed E-state index contributed by atoms with van der Waals surface area (Å²) in [5, 5.41) is 3.96. The molecule has 1 aliphatic rings. The van der Waals surface area contributed by atoms with Crippen LogP contribution < -0.4 is 0 Å². The Morgan fingerprint density at radius 1 is 0.919 bits per heavy atom. The van der Waals surface area contributed by atoms with Gasteiger partial charge < -0.3 is 4.90 Å². The molecule has 0 bridgehead atoms. The van der Waals surface area contributed by atoms with Crippen LogP contribution in [0.3, 0.4) is 0 Å². The number of halogens is 4. The number of amides is 1. The molecule has 0 saturated carbocycles. The molecule has 7 nitrogen and oxygen atoms in total. The van der Waals surface area contributed by atoms with E-state index in [4.69, 9.17) is 0 Å². The first-order valence-electron chi connectivity index (χ1n) is 11.5. The molecular weight excluding hydrogens is 551 g/mol. The lowest BCUT2D eigenvalue weighted by molar-refractivity contribution is -0.142. The van der Waals surface area contributed by atoms with Crippen LogP contribution >= 0.6 is 15.9 Å². The second kappa shape index (κ2) is 10.1. The van der Waals surface area contributed by atoms with Crippen LogP contribution in [-0.2, 0) is 6.18 Å². The Kier molecular flexibility index (Phi) is 6.82. The molecule has 5 rings (SSSR count). The summed E-state index contributed by atoms with van der Waals surface area (Å²) in [7, 11) is 0. The standard InChI is InChI=1S/C26H21BrF3N5O2/c27-19-8-6-17(7-9-19)20-14-23(26(28,29)30)35-24(31-20)15-21(32-35)22(36)16-33-10-12-34(13-11-33)25(37)18-4-2-1-3-5-18/h1-9,14-15H,10-13,16H2. The van der Waals surface area contributed by atoms with E-state index < -0.39 is 17.7 Å². The summed E-state index contributed by atoms with van der Waals surface area (Å²) in [6.45, 7) is 1.82. The Morgan fingerprint density at radius 2 is 1.59 bits per heavy atom. The summed E-state index contributed by atoms with van der Waals surface area (Å²) in [4.78, 5) is 33.5. The number of Topliss-reactive ketones (excluding diaryl/α,β-unsaturated/α-hetero) is 1. The lowest BCUT2D eigenvalue weighted by Crippen LogP contribution is -2.49. The number of rotatable bonds is 5. The van der Waals surface area contributed by atoms with Crippen molar-refractivity contribution in [3.8, 4) is 11.3 Å². The van der Waals surface area contributed by atoms with Crippen molar-refractivity contribution in [3.63, 3.8) is 0 Å². The Balaban J connectivity index is 1.33. The van der Waals surface area contributed by atoms with Crippen molar-refractivity contribution in [2.45, 2.75) is 6.18 Å². The fraction of sp³-hybridized carbons (Fsp3) is 0.231. The number of carbonyl (C=O) groups excluding carboxylic acids is 2. The molecule has 37 heavy (non-hydrogen) atoms. The second-order valence-corrected chi connectivity index (χ2v) is 9.60. The molecule has 0 unspecified atom stereocenters. The maximum atomic E-state index is 13.9. The van der Waals surface area contributed by atoms with E-state index in [-0.39, 0.29) is 29.5 Å². The van der Waals surface area contributed by atoms with Crippen LogP contribution in [0, 0.1) is 0 Å². The third-order valence-corrected chi connectivity index (χ3v) is 6.72. The molecule has 3 heterocycles. The Morgan fingerprint density at radius 3 is 2.24 bits per heavy atom. The highest BCUT2D eigenvalue weighted by atomic mass is 79.9. The third kappa shape index (κ3) is 5.42. The van der Waals surface area contributed by atoms with Crippen LogP contribution in [0.4, 0.5) is 13.2 Å². The van der Waals surface area contributed by atoms with Crippen molar-refractivity contribution in [2.75, 3.05) is 32.7 Å². The van der Waals surface area contributed by atoms with E-state index in [2.05, 4.69) is 26.0 Å². The molecule has 1 aliphatic heterocycles. The van der Waals surface area contributed by atoms with Gasteiger partial charge in [0.15, 0.2) is 17.1 Å². The lowest BCUT2D eigenvalue weighted by atomic mass is 10.1. The van der Waals surface area contributed by atoms with E-state index >= 15 is 0 Å². The van der Waals surface area contributed by atoms with Crippen LogP contribution in [-0.4, -0.2) is 68.8 Å². The minimum absolute atomic E-state index is 0.0157. The number of ketones is 1. The molecule has 190 valence electrons. The normalized spacial score (nSPS) is 14.8. The zero-order valence-corrected chi connectivity index (χ0v) is 21.0. The molecule has 2 aromatic carbocycles. The second-order valence-electron chi connectivity index (χ2n) is 8.69. The van der Waals surface area contributed by atoms with Crippen LogP contribution in [0.2, 0.25) is 0 Å². The minimum atomic E-state index is -4.70. The van der Waals surface area contributed by atoms with Gasteiger partial charge in [-0.2, -0.15) is 18.3 Å². The average Bonchev–Trinajstić information content (AvgIpc) is 3.33. The highest BCUT2D eigenvalue weighted by Crippen LogP contribution is 2.32. The highest BCUT2D eigenvalue weighted by molar-refractivity contribution is 9.10. The predicted molar refractivity (Wildman–Crippen MR) is 134 cm³/mol. The number of alkyl halides is 3. The molecule has 1 saturated heterocycles. The molecule has 1 fully saturated rings. The quantitative estimate of drug-likeness (QED) is 0.321. The Bertz CT molecular complexity index is 1450. The van der Waals surface area contributed by atoms with E-state index in [0.717, 1.165) is 10.5 Å². The first kappa shape index (κ1) is 25.1. The largest absolute Gasteiger partial charge is 0.433 e. The van der Waals surface area contributed by atoms with Crippen LogP contribution in [0.15, 0.2) is 71.2 Å². The topological polar surface area (TPSA) is 70.8 Å². The van der Waals surface area contributed by atoms with Crippen molar-refractivity contribution in [1.82, 2.24) is 24.4 Å². The summed E-state index contributed by atoms with van der Waals surface area (Å²) >= 11 is 3.31. The Hall–Kier alpha value is -3.57. The van der Waals surface area contributed by atoms with Crippen molar-refractivity contribution >= 4 is 33.3 Å². The first-order valence-corrected chi connectivity index (χ1v) is 12.3. The number of hydrogen-bond acceptors (Lipinski definition) is 5. The fourth-order valence-electron chi connectivity index (χ4n) is 4.24. The number of hydrogen-bond donors (Lipinski definition) is 0. The van der Waals surface area contributed by atoms with E-state index in [1.54, 1.807) is 53.4 Å². The van der Waals surface area contributed by atoms with Gasteiger partial charge in [-0.3, -0.25) is 14.5 Å². The van der Waals surface area contributed by atoms with E-state index in [9.17, 15) is 22.8 Å². The van der Waals surface area contributed by atoms with Crippen molar-refractivity contribution in [2.24, 2.45) is 0 Å². The third-order valence-electron chi connectivity index (χ3n) is 6.19. The van der Waals surface area contributed by atoms with Gasteiger partial charge in [-0.05, 0) is 30.3 Å². The Labute approximate surface area is 218 Å². The number of aromatic nitrogens is 3. The van der Waals surface area contributed by atoms with Gasteiger partial charge in [0.05, 0.1) is 12.2 Å². The van der Waals surface area contributed by atoms with Crippen LogP contribution in [0.25, 0.3) is 16.9 Å². The van der Waals surface area contributed by atoms with Gasteiger partial charge in [-0.1, -0.05) is 46.3 Å². The predicted octanol–water partition coefficient (Wildman–Crippen LogP) is 4.82. The maximum absolute atomic E-state index is 13.9. The molecule has 0 radical (unpaired) electrons. The summed E-state index contributed by atoms with van der Waals surface area (Å²) in [5.74, 6) is -0.481. The number of benzene rings is 2. The molecule has 0 N–H and O–H groups in total. The van der Waals surface area contributed by atoms with Crippen molar-refractivity contribution in [3.05, 3.63) is 88.2 Å². The molecule has 11 heteroatoms. The minimum Gasteiger partial charge on any atom is -0.336 e. The lowest BCUT2D eigenvalue weighted by Gasteiger charge is -2.34. The summed E-state index contributed by atoms with van der Waals surface area (Å²) in [6, 6.07) is 17.9. The molecule has 0 atom stereocenters. The van der Waals surface area contributed by atoms with Gasteiger partial charge in [0.25, 0.3) is 5.91 Å². The molecular formula is C26H21BrF3N5O2. The highest BCUT2D eigenvalue weighted by Gasteiger charge is 2.36. The molecule has 0 aliphatic carbocycles. The van der Waals surface area contributed by atoms with Gasteiger partial charge in [0.2, 0.25) is 0 Å². The van der Waals surface area contributed by atoms with E-state index in [1.807, 2.05) is 11.0 Å². The monoisotopic (exact) mass is 571 g/mol. The number of piperazine rings is 1. The van der Waals surface area contributed by atoms with Crippen molar-refractivity contribution in [1.29, 1.82) is 0 Å². The van der Waals surface area contributed by atoms with Crippen molar-refractivity contribution < 1.29 is 22.8 Å². The number of nitrogens with zero attached hydrogens (tertiary/aromatic N) is 5. The number of fused-ring (bicyclic) bond motifs is 1. The smallest absolute Gasteiger partial charge is 0.336 e. The first-order chi connectivity index (χ1) is 17.7. The summed E-state index contributed by atoms with van der Waals surface area (Å²) < 4.78 is 43.1. The average molecular weight is 572 g/mol. The van der Waals surface area contributed by atoms with Crippen LogP contribution in [0.1, 0.15) is 26.5 Å². The molecule has 0 spiro atoms. The SMILES string of the molecule is O=C(CN1CCN(C(=O)c2ccccc2)CC1)c1cc2nc(-c3ccc(Br)cc3)cc(C(F)(F)F)n2n1. The van der Waals surface area contributed by atoms with Gasteiger partial charge >= 0.3 is 6.18 Å².